The highest BCUT2D eigenvalue weighted by Crippen LogP contribution is 2.35. The zero-order valence-electron chi connectivity index (χ0n) is 21.7. The van der Waals surface area contributed by atoms with E-state index in [-0.39, 0.29) is 11.2 Å². The highest BCUT2D eigenvalue weighted by Gasteiger charge is 2.18. The lowest BCUT2D eigenvalue weighted by molar-refractivity contribution is 0.103. The topological polar surface area (TPSA) is 52.6 Å². The first-order valence-corrected chi connectivity index (χ1v) is 12.1. The Bertz CT molecular complexity index is 1400. The van der Waals surface area contributed by atoms with Crippen LogP contribution in [0.25, 0.3) is 10.8 Å². The molecule has 4 rings (SSSR count). The highest BCUT2D eigenvalue weighted by atomic mass is 16.5. The SMILES string of the molecule is CC(C)(C)Oc1cc2c(Oc3ccc(C(=O)c4ccc(C(C)(C)C)cc4)cc3)cccc2cc1C=O. The molecule has 0 spiro atoms. The van der Waals surface area contributed by atoms with Crippen molar-refractivity contribution in [2.75, 3.05) is 0 Å². The molecule has 0 aliphatic rings. The quantitative estimate of drug-likeness (QED) is 0.206. The van der Waals surface area contributed by atoms with Crippen LogP contribution in [0.5, 0.6) is 17.2 Å². The molecule has 0 radical (unpaired) electrons. The third kappa shape index (κ3) is 5.65. The monoisotopic (exact) mass is 480 g/mol. The Hall–Kier alpha value is -3.92. The van der Waals surface area contributed by atoms with Crippen LogP contribution in [-0.4, -0.2) is 17.7 Å². The van der Waals surface area contributed by atoms with Gasteiger partial charge in [-0.25, -0.2) is 0 Å². The van der Waals surface area contributed by atoms with Crippen molar-refractivity contribution in [2.24, 2.45) is 0 Å². The summed E-state index contributed by atoms with van der Waals surface area (Å²) >= 11 is 0. The van der Waals surface area contributed by atoms with E-state index in [2.05, 4.69) is 20.8 Å². The van der Waals surface area contributed by atoms with Gasteiger partial charge in [-0.3, -0.25) is 9.59 Å². The van der Waals surface area contributed by atoms with Crippen LogP contribution in [-0.2, 0) is 5.41 Å². The fraction of sp³-hybridized carbons (Fsp3) is 0.250. The van der Waals surface area contributed by atoms with Crippen LogP contribution >= 0.6 is 0 Å². The number of carbonyl (C=O) groups excluding carboxylic acids is 2. The average Bonchev–Trinajstić information content (AvgIpc) is 2.82. The predicted octanol–water partition coefficient (Wildman–Crippen LogP) is 8.15. The second kappa shape index (κ2) is 9.62. The predicted molar refractivity (Wildman–Crippen MR) is 145 cm³/mol. The minimum absolute atomic E-state index is 0.0301. The molecule has 0 N–H and O–H groups in total. The van der Waals surface area contributed by atoms with Crippen molar-refractivity contribution in [3.63, 3.8) is 0 Å². The number of benzene rings is 4. The Labute approximate surface area is 212 Å². The van der Waals surface area contributed by atoms with Gasteiger partial charge >= 0.3 is 0 Å². The van der Waals surface area contributed by atoms with E-state index >= 15 is 0 Å². The first-order chi connectivity index (χ1) is 16.9. The Morgan fingerprint density at radius 3 is 1.92 bits per heavy atom. The molecule has 4 nitrogen and oxygen atoms in total. The maximum absolute atomic E-state index is 13.0. The molecular formula is C32H32O4. The summed E-state index contributed by atoms with van der Waals surface area (Å²) in [6.45, 7) is 12.3. The Morgan fingerprint density at radius 1 is 0.750 bits per heavy atom. The van der Waals surface area contributed by atoms with Gasteiger partial charge in [0.15, 0.2) is 12.1 Å². The molecule has 0 aliphatic carbocycles. The van der Waals surface area contributed by atoms with E-state index in [0.29, 0.717) is 33.9 Å². The van der Waals surface area contributed by atoms with Gasteiger partial charge in [-0.1, -0.05) is 57.2 Å². The van der Waals surface area contributed by atoms with Crippen LogP contribution in [0.4, 0.5) is 0 Å². The molecular weight excluding hydrogens is 448 g/mol. The average molecular weight is 481 g/mol. The van der Waals surface area contributed by atoms with Crippen molar-refractivity contribution in [1.29, 1.82) is 0 Å². The van der Waals surface area contributed by atoms with Gasteiger partial charge in [0.2, 0.25) is 0 Å². The maximum atomic E-state index is 13.0. The van der Waals surface area contributed by atoms with Crippen LogP contribution in [0.1, 0.15) is 73.4 Å². The summed E-state index contributed by atoms with van der Waals surface area (Å²) < 4.78 is 12.2. The standard InChI is InChI=1S/C32H32O4/c1-31(2,3)25-14-10-21(11-15-25)30(34)22-12-16-26(17-13-22)35-28-9-7-8-23-18-24(20-33)29(19-27(23)28)36-32(4,5)6/h7-20H,1-6H3. The first-order valence-electron chi connectivity index (χ1n) is 12.1. The molecule has 0 heterocycles. The van der Waals surface area contributed by atoms with Crippen LogP contribution in [0, 0.1) is 0 Å². The smallest absolute Gasteiger partial charge is 0.193 e. The lowest BCUT2D eigenvalue weighted by Crippen LogP contribution is -2.23. The minimum Gasteiger partial charge on any atom is -0.487 e. The zero-order valence-corrected chi connectivity index (χ0v) is 21.7. The second-order valence-corrected chi connectivity index (χ2v) is 11.0. The lowest BCUT2D eigenvalue weighted by Gasteiger charge is -2.23. The Kier molecular flexibility index (Phi) is 6.73. The third-order valence-electron chi connectivity index (χ3n) is 5.87. The summed E-state index contributed by atoms with van der Waals surface area (Å²) in [4.78, 5) is 24.6. The molecule has 0 saturated carbocycles. The van der Waals surface area contributed by atoms with Crippen molar-refractivity contribution >= 4 is 22.8 Å². The molecule has 0 aliphatic heterocycles. The van der Waals surface area contributed by atoms with E-state index in [9.17, 15) is 9.59 Å². The fourth-order valence-corrected chi connectivity index (χ4v) is 3.98. The molecule has 0 saturated heterocycles. The van der Waals surface area contributed by atoms with Gasteiger partial charge in [0, 0.05) is 16.5 Å². The lowest BCUT2D eigenvalue weighted by atomic mass is 9.86. The molecule has 4 aromatic rings. The van der Waals surface area contributed by atoms with Gasteiger partial charge < -0.3 is 9.47 Å². The Balaban J connectivity index is 1.59. The van der Waals surface area contributed by atoms with Crippen LogP contribution in [0.3, 0.4) is 0 Å². The molecule has 0 bridgehead atoms. The number of hydrogen-bond donors (Lipinski definition) is 0. The molecule has 0 atom stereocenters. The molecule has 0 aromatic heterocycles. The van der Waals surface area contributed by atoms with Crippen LogP contribution in [0.15, 0.2) is 78.9 Å². The Morgan fingerprint density at radius 2 is 1.36 bits per heavy atom. The molecule has 0 unspecified atom stereocenters. The fourth-order valence-electron chi connectivity index (χ4n) is 3.98. The van der Waals surface area contributed by atoms with E-state index in [1.54, 1.807) is 24.3 Å². The molecule has 4 heteroatoms. The number of hydrogen-bond acceptors (Lipinski definition) is 4. The molecule has 36 heavy (non-hydrogen) atoms. The van der Waals surface area contributed by atoms with E-state index in [0.717, 1.165) is 17.1 Å². The van der Waals surface area contributed by atoms with Crippen LogP contribution in [0.2, 0.25) is 0 Å². The van der Waals surface area contributed by atoms with Crippen LogP contribution < -0.4 is 9.47 Å². The van der Waals surface area contributed by atoms with Gasteiger partial charge in [-0.2, -0.15) is 0 Å². The largest absolute Gasteiger partial charge is 0.487 e. The molecule has 4 aromatic carbocycles. The van der Waals surface area contributed by atoms with Gasteiger partial charge in [-0.05, 0) is 79.6 Å². The zero-order chi connectivity index (χ0) is 26.1. The summed E-state index contributed by atoms with van der Waals surface area (Å²) in [5.74, 6) is 1.73. The summed E-state index contributed by atoms with van der Waals surface area (Å²) in [6, 6.07) is 24.3. The number of rotatable bonds is 6. The summed E-state index contributed by atoms with van der Waals surface area (Å²) in [5, 5.41) is 1.71. The van der Waals surface area contributed by atoms with E-state index in [1.807, 2.05) is 75.4 Å². The van der Waals surface area contributed by atoms with Gasteiger partial charge in [-0.15, -0.1) is 0 Å². The second-order valence-electron chi connectivity index (χ2n) is 11.0. The molecule has 184 valence electrons. The first kappa shape index (κ1) is 25.2. The minimum atomic E-state index is -0.448. The van der Waals surface area contributed by atoms with Crippen molar-refractivity contribution in [2.45, 2.75) is 52.6 Å². The van der Waals surface area contributed by atoms with Crippen molar-refractivity contribution in [3.05, 3.63) is 101 Å². The third-order valence-corrected chi connectivity index (χ3v) is 5.87. The van der Waals surface area contributed by atoms with Gasteiger partial charge in [0.1, 0.15) is 22.8 Å². The van der Waals surface area contributed by atoms with Crippen molar-refractivity contribution in [3.8, 4) is 17.2 Å². The number of ether oxygens (including phenoxy) is 2. The summed E-state index contributed by atoms with van der Waals surface area (Å²) in [6.07, 6.45) is 0.806. The van der Waals surface area contributed by atoms with Gasteiger partial charge in [0.05, 0.1) is 5.56 Å². The normalized spacial score (nSPS) is 11.8. The van der Waals surface area contributed by atoms with Crippen molar-refractivity contribution < 1.29 is 19.1 Å². The molecule has 0 fully saturated rings. The van der Waals surface area contributed by atoms with Gasteiger partial charge in [0.25, 0.3) is 0 Å². The van der Waals surface area contributed by atoms with E-state index in [1.165, 1.54) is 5.56 Å². The summed E-state index contributed by atoms with van der Waals surface area (Å²) in [7, 11) is 0. The van der Waals surface area contributed by atoms with Crippen molar-refractivity contribution in [1.82, 2.24) is 0 Å². The maximum Gasteiger partial charge on any atom is 0.193 e. The number of aldehydes is 1. The highest BCUT2D eigenvalue weighted by molar-refractivity contribution is 6.09. The number of carbonyl (C=O) groups is 2. The van der Waals surface area contributed by atoms with E-state index in [4.69, 9.17) is 9.47 Å². The number of ketones is 1. The van der Waals surface area contributed by atoms with E-state index < -0.39 is 5.60 Å². The molecule has 0 amide bonds. The summed E-state index contributed by atoms with van der Waals surface area (Å²) in [5.41, 5.74) is 2.53. The number of fused-ring (bicyclic) bond motifs is 1.